The number of ether oxygens (including phenoxy) is 2. The Morgan fingerprint density at radius 2 is 1.95 bits per heavy atom. The van der Waals surface area contributed by atoms with Crippen LogP contribution in [0.4, 0.5) is 10.2 Å². The summed E-state index contributed by atoms with van der Waals surface area (Å²) in [6.07, 6.45) is 1.43. The molecule has 0 saturated carbocycles. The Bertz CT molecular complexity index is 656. The predicted octanol–water partition coefficient (Wildman–Crippen LogP) is 3.25. The Morgan fingerprint density at radius 1 is 1.23 bits per heavy atom. The molecule has 0 aliphatic heterocycles. The van der Waals surface area contributed by atoms with Crippen molar-refractivity contribution in [3.63, 3.8) is 0 Å². The van der Waals surface area contributed by atoms with Gasteiger partial charge in [0.15, 0.2) is 11.6 Å². The fourth-order valence-electron chi connectivity index (χ4n) is 2.29. The summed E-state index contributed by atoms with van der Waals surface area (Å²) in [5.74, 6) is 0.364. The van der Waals surface area contributed by atoms with Crippen molar-refractivity contribution < 1.29 is 13.9 Å². The molecule has 2 rings (SSSR count). The molecule has 0 aliphatic rings. The van der Waals surface area contributed by atoms with Gasteiger partial charge >= 0.3 is 0 Å². The molecule has 1 N–H and O–H groups in total. The van der Waals surface area contributed by atoms with E-state index in [0.29, 0.717) is 23.3 Å². The average molecular weight is 307 g/mol. The number of methoxy groups -OCH3 is 2. The standard InChI is InChI=1S/C16H22FN3O2/c1-16(2,3)14(22-5)8-18-15-10-6-13(21-4)11(17)7-12(10)19-9-20-15/h6-7,9,14H,8H2,1-5H3,(H,18,19,20). The molecule has 22 heavy (non-hydrogen) atoms. The van der Waals surface area contributed by atoms with Gasteiger partial charge in [0, 0.05) is 25.1 Å². The maximum atomic E-state index is 13.8. The number of nitrogens with zero attached hydrogens (tertiary/aromatic N) is 2. The zero-order valence-corrected chi connectivity index (χ0v) is 13.6. The number of benzene rings is 1. The van der Waals surface area contributed by atoms with E-state index in [1.807, 2.05) is 0 Å². The molecule has 6 heteroatoms. The van der Waals surface area contributed by atoms with Gasteiger partial charge < -0.3 is 14.8 Å². The van der Waals surface area contributed by atoms with Crippen molar-refractivity contribution in [1.82, 2.24) is 9.97 Å². The van der Waals surface area contributed by atoms with Gasteiger partial charge in [-0.25, -0.2) is 14.4 Å². The molecule has 1 aromatic heterocycles. The second-order valence-corrected chi connectivity index (χ2v) is 6.20. The first-order valence-electron chi connectivity index (χ1n) is 7.11. The quantitative estimate of drug-likeness (QED) is 0.919. The summed E-state index contributed by atoms with van der Waals surface area (Å²) in [5, 5.41) is 3.97. The lowest BCUT2D eigenvalue weighted by Crippen LogP contribution is -2.35. The Balaban J connectivity index is 2.31. The normalized spacial score (nSPS) is 13.2. The van der Waals surface area contributed by atoms with Crippen LogP contribution in [0.2, 0.25) is 0 Å². The van der Waals surface area contributed by atoms with Gasteiger partial charge in [-0.05, 0) is 11.5 Å². The number of hydrogen-bond acceptors (Lipinski definition) is 5. The number of aromatic nitrogens is 2. The van der Waals surface area contributed by atoms with E-state index in [9.17, 15) is 4.39 Å². The third-order valence-corrected chi connectivity index (χ3v) is 3.61. The van der Waals surface area contributed by atoms with Gasteiger partial charge in [-0.2, -0.15) is 0 Å². The summed E-state index contributed by atoms with van der Waals surface area (Å²) >= 11 is 0. The molecule has 1 heterocycles. The van der Waals surface area contributed by atoms with Gasteiger partial charge in [-0.15, -0.1) is 0 Å². The van der Waals surface area contributed by atoms with Crippen LogP contribution in [0, 0.1) is 11.2 Å². The number of hydrogen-bond donors (Lipinski definition) is 1. The molecule has 2 aromatic rings. The van der Waals surface area contributed by atoms with Crippen LogP contribution < -0.4 is 10.1 Å². The van der Waals surface area contributed by atoms with E-state index < -0.39 is 5.82 Å². The summed E-state index contributed by atoms with van der Waals surface area (Å²) in [6.45, 7) is 6.92. The van der Waals surface area contributed by atoms with Crippen molar-refractivity contribution in [1.29, 1.82) is 0 Å². The third-order valence-electron chi connectivity index (χ3n) is 3.61. The topological polar surface area (TPSA) is 56.3 Å². The largest absolute Gasteiger partial charge is 0.494 e. The van der Waals surface area contributed by atoms with Gasteiger partial charge in [-0.3, -0.25) is 0 Å². The molecule has 1 unspecified atom stereocenters. The van der Waals surface area contributed by atoms with Gasteiger partial charge in [0.2, 0.25) is 0 Å². The van der Waals surface area contributed by atoms with Crippen LogP contribution in [0.3, 0.4) is 0 Å². The first kappa shape index (κ1) is 16.4. The second-order valence-electron chi connectivity index (χ2n) is 6.20. The van der Waals surface area contributed by atoms with Crippen LogP contribution in [0.5, 0.6) is 5.75 Å². The molecule has 0 aliphatic carbocycles. The summed E-state index contributed by atoms with van der Waals surface area (Å²) in [7, 11) is 3.12. The van der Waals surface area contributed by atoms with Crippen molar-refractivity contribution in [3.8, 4) is 5.75 Å². The number of rotatable bonds is 5. The summed E-state index contributed by atoms with van der Waals surface area (Å²) in [6, 6.07) is 2.95. The van der Waals surface area contributed by atoms with Gasteiger partial charge in [0.25, 0.3) is 0 Å². The SMILES string of the molecule is COc1cc2c(NCC(OC)C(C)(C)C)ncnc2cc1F. The molecule has 120 valence electrons. The fraction of sp³-hybridized carbons (Fsp3) is 0.500. The van der Waals surface area contributed by atoms with E-state index >= 15 is 0 Å². The van der Waals surface area contributed by atoms with Crippen LogP contribution in [-0.2, 0) is 4.74 Å². The zero-order chi connectivity index (χ0) is 16.3. The van der Waals surface area contributed by atoms with Crippen molar-refractivity contribution in [2.24, 2.45) is 5.41 Å². The molecule has 0 saturated heterocycles. The van der Waals surface area contributed by atoms with E-state index in [2.05, 4.69) is 36.1 Å². The summed E-state index contributed by atoms with van der Waals surface area (Å²) in [4.78, 5) is 8.34. The minimum atomic E-state index is -0.441. The molecule has 0 amide bonds. The van der Waals surface area contributed by atoms with Crippen LogP contribution in [0.25, 0.3) is 10.9 Å². The Morgan fingerprint density at radius 3 is 2.55 bits per heavy atom. The number of nitrogens with one attached hydrogen (secondary N) is 1. The van der Waals surface area contributed by atoms with E-state index in [0.717, 1.165) is 0 Å². The van der Waals surface area contributed by atoms with Crippen molar-refractivity contribution in [3.05, 3.63) is 24.3 Å². The fourth-order valence-corrected chi connectivity index (χ4v) is 2.29. The summed E-state index contributed by atoms with van der Waals surface area (Å²) in [5.41, 5.74) is 0.523. The molecule has 0 fully saturated rings. The predicted molar refractivity (Wildman–Crippen MR) is 84.8 cm³/mol. The van der Waals surface area contributed by atoms with E-state index in [-0.39, 0.29) is 17.3 Å². The molecular weight excluding hydrogens is 285 g/mol. The van der Waals surface area contributed by atoms with Crippen molar-refractivity contribution >= 4 is 16.7 Å². The van der Waals surface area contributed by atoms with E-state index in [1.165, 1.54) is 19.5 Å². The highest BCUT2D eigenvalue weighted by Gasteiger charge is 2.24. The minimum Gasteiger partial charge on any atom is -0.494 e. The van der Waals surface area contributed by atoms with Crippen LogP contribution in [0.1, 0.15) is 20.8 Å². The first-order chi connectivity index (χ1) is 10.4. The molecule has 1 atom stereocenters. The monoisotopic (exact) mass is 307 g/mol. The van der Waals surface area contributed by atoms with Crippen molar-refractivity contribution in [2.75, 3.05) is 26.1 Å². The lowest BCUT2D eigenvalue weighted by Gasteiger charge is -2.29. The number of halogens is 1. The summed E-state index contributed by atoms with van der Waals surface area (Å²) < 4.78 is 24.3. The smallest absolute Gasteiger partial charge is 0.167 e. The van der Waals surface area contributed by atoms with Gasteiger partial charge in [-0.1, -0.05) is 20.8 Å². The number of anilines is 1. The average Bonchev–Trinajstić information content (AvgIpc) is 2.45. The third kappa shape index (κ3) is 3.44. The van der Waals surface area contributed by atoms with Crippen LogP contribution in [-0.4, -0.2) is 36.8 Å². The van der Waals surface area contributed by atoms with Gasteiger partial charge in [0.1, 0.15) is 12.1 Å². The Labute approximate surface area is 129 Å². The van der Waals surface area contributed by atoms with Gasteiger partial charge in [0.05, 0.1) is 18.7 Å². The lowest BCUT2D eigenvalue weighted by atomic mass is 9.89. The maximum Gasteiger partial charge on any atom is 0.167 e. The molecule has 5 nitrogen and oxygen atoms in total. The Kier molecular flexibility index (Phi) is 4.81. The second kappa shape index (κ2) is 6.44. The minimum absolute atomic E-state index is 0.00557. The highest BCUT2D eigenvalue weighted by atomic mass is 19.1. The molecule has 0 bridgehead atoms. The van der Waals surface area contributed by atoms with E-state index in [1.54, 1.807) is 13.2 Å². The van der Waals surface area contributed by atoms with E-state index in [4.69, 9.17) is 9.47 Å². The van der Waals surface area contributed by atoms with Crippen molar-refractivity contribution in [2.45, 2.75) is 26.9 Å². The molecule has 0 spiro atoms. The number of fused-ring (bicyclic) bond motifs is 1. The van der Waals surface area contributed by atoms with Crippen LogP contribution in [0.15, 0.2) is 18.5 Å². The first-order valence-corrected chi connectivity index (χ1v) is 7.11. The molecular formula is C16H22FN3O2. The highest BCUT2D eigenvalue weighted by molar-refractivity contribution is 5.90. The molecule has 1 aromatic carbocycles. The molecule has 0 radical (unpaired) electrons. The highest BCUT2D eigenvalue weighted by Crippen LogP contribution is 2.28. The van der Waals surface area contributed by atoms with Crippen LogP contribution >= 0.6 is 0 Å². The zero-order valence-electron chi connectivity index (χ0n) is 13.6. The Hall–Kier alpha value is -1.95. The lowest BCUT2D eigenvalue weighted by molar-refractivity contribution is 0.0268. The maximum absolute atomic E-state index is 13.8.